The molecule has 0 spiro atoms. The molecule has 1 amide bonds. The van der Waals surface area contributed by atoms with Crippen molar-refractivity contribution in [1.29, 1.82) is 0 Å². The van der Waals surface area contributed by atoms with Crippen molar-refractivity contribution >= 4 is 23.5 Å². The summed E-state index contributed by atoms with van der Waals surface area (Å²) in [6.07, 6.45) is -0.663. The molecule has 1 aromatic heterocycles. The van der Waals surface area contributed by atoms with E-state index in [4.69, 9.17) is 21.4 Å². The second kappa shape index (κ2) is 7.20. The third-order valence-corrected chi connectivity index (χ3v) is 4.33. The van der Waals surface area contributed by atoms with Crippen molar-refractivity contribution in [2.45, 2.75) is 19.4 Å². The predicted octanol–water partition coefficient (Wildman–Crippen LogP) is 1.54. The van der Waals surface area contributed by atoms with Gasteiger partial charge in [-0.3, -0.25) is 9.59 Å². The zero-order chi connectivity index (χ0) is 18.0. The number of benzene rings is 1. The Labute approximate surface area is 148 Å². The number of halogens is 1. The van der Waals surface area contributed by atoms with Crippen LogP contribution in [0.15, 0.2) is 24.3 Å². The van der Waals surface area contributed by atoms with Gasteiger partial charge in [-0.2, -0.15) is 0 Å². The molecular formula is C16H17ClN4O4. The summed E-state index contributed by atoms with van der Waals surface area (Å²) in [7, 11) is 0. The van der Waals surface area contributed by atoms with Crippen LogP contribution in [0.1, 0.15) is 22.6 Å². The molecule has 25 heavy (non-hydrogen) atoms. The fourth-order valence-electron chi connectivity index (χ4n) is 2.75. The molecule has 1 atom stereocenters. The molecule has 132 valence electrons. The summed E-state index contributed by atoms with van der Waals surface area (Å²) in [6.45, 7) is 2.63. The van der Waals surface area contributed by atoms with Crippen molar-refractivity contribution < 1.29 is 19.4 Å². The average Bonchev–Trinajstić information content (AvgIpc) is 2.96. The first-order valence-corrected chi connectivity index (χ1v) is 8.15. The number of para-hydroxylation sites is 1. The Morgan fingerprint density at radius 2 is 2.16 bits per heavy atom. The van der Waals surface area contributed by atoms with Crippen molar-refractivity contribution in [2.24, 2.45) is 0 Å². The first-order valence-electron chi connectivity index (χ1n) is 7.77. The van der Waals surface area contributed by atoms with Crippen LogP contribution in [0.3, 0.4) is 0 Å². The van der Waals surface area contributed by atoms with E-state index >= 15 is 0 Å². The van der Waals surface area contributed by atoms with E-state index in [0.717, 1.165) is 0 Å². The van der Waals surface area contributed by atoms with E-state index in [1.165, 1.54) is 4.68 Å². The molecule has 0 radical (unpaired) electrons. The third kappa shape index (κ3) is 3.64. The summed E-state index contributed by atoms with van der Waals surface area (Å²) < 4.78 is 6.91. The van der Waals surface area contributed by atoms with E-state index in [1.807, 2.05) is 6.07 Å². The molecule has 1 N–H and O–H groups in total. The van der Waals surface area contributed by atoms with Gasteiger partial charge in [-0.1, -0.05) is 28.9 Å². The molecule has 3 rings (SSSR count). The summed E-state index contributed by atoms with van der Waals surface area (Å²) in [6, 6.07) is 7.15. The maximum atomic E-state index is 12.8. The normalized spacial score (nSPS) is 17.5. The molecule has 2 heterocycles. The Balaban J connectivity index is 1.82. The number of carbonyl (C=O) groups is 2. The number of aromatic nitrogens is 3. The molecule has 9 heteroatoms. The maximum absolute atomic E-state index is 12.8. The quantitative estimate of drug-likeness (QED) is 0.883. The van der Waals surface area contributed by atoms with Crippen molar-refractivity contribution in [3.8, 4) is 5.69 Å². The molecule has 2 aromatic rings. The number of carbonyl (C=O) groups excluding carboxylic acids is 1. The van der Waals surface area contributed by atoms with Crippen LogP contribution in [0.4, 0.5) is 0 Å². The number of morpholine rings is 1. The molecule has 1 aliphatic rings. The lowest BCUT2D eigenvalue weighted by Gasteiger charge is -2.31. The van der Waals surface area contributed by atoms with Crippen LogP contribution in [0.5, 0.6) is 0 Å². The lowest BCUT2D eigenvalue weighted by Crippen LogP contribution is -2.46. The molecule has 8 nitrogen and oxygen atoms in total. The van der Waals surface area contributed by atoms with E-state index in [9.17, 15) is 9.59 Å². The van der Waals surface area contributed by atoms with Gasteiger partial charge in [-0.05, 0) is 19.1 Å². The van der Waals surface area contributed by atoms with Crippen LogP contribution in [-0.4, -0.2) is 62.7 Å². The second-order valence-corrected chi connectivity index (χ2v) is 6.14. The van der Waals surface area contributed by atoms with E-state index in [2.05, 4.69) is 10.3 Å². The monoisotopic (exact) mass is 364 g/mol. The van der Waals surface area contributed by atoms with Gasteiger partial charge in [0.1, 0.15) is 0 Å². The fraction of sp³-hybridized carbons (Fsp3) is 0.375. The van der Waals surface area contributed by atoms with E-state index in [0.29, 0.717) is 29.6 Å². The fourth-order valence-corrected chi connectivity index (χ4v) is 2.97. The number of aliphatic carboxylic acids is 1. The van der Waals surface area contributed by atoms with Gasteiger partial charge in [0, 0.05) is 13.1 Å². The molecular weight excluding hydrogens is 348 g/mol. The Morgan fingerprint density at radius 1 is 1.40 bits per heavy atom. The van der Waals surface area contributed by atoms with E-state index < -0.39 is 12.1 Å². The van der Waals surface area contributed by atoms with Crippen LogP contribution >= 0.6 is 11.6 Å². The van der Waals surface area contributed by atoms with Gasteiger partial charge in [0.25, 0.3) is 5.91 Å². The van der Waals surface area contributed by atoms with Crippen LogP contribution in [0.25, 0.3) is 5.69 Å². The summed E-state index contributed by atoms with van der Waals surface area (Å²) in [5.74, 6) is -1.25. The highest BCUT2D eigenvalue weighted by Crippen LogP contribution is 2.22. The van der Waals surface area contributed by atoms with Crippen molar-refractivity contribution in [1.82, 2.24) is 19.9 Å². The first-order chi connectivity index (χ1) is 12.0. The molecule has 1 saturated heterocycles. The summed E-state index contributed by atoms with van der Waals surface area (Å²) >= 11 is 6.18. The van der Waals surface area contributed by atoms with Gasteiger partial charge in [0.2, 0.25) is 0 Å². The minimum absolute atomic E-state index is 0.144. The Kier molecular flexibility index (Phi) is 5.00. The van der Waals surface area contributed by atoms with E-state index in [-0.39, 0.29) is 24.6 Å². The highest BCUT2D eigenvalue weighted by Gasteiger charge is 2.29. The smallest absolute Gasteiger partial charge is 0.306 e. The van der Waals surface area contributed by atoms with Gasteiger partial charge in [0.05, 0.1) is 35.5 Å². The lowest BCUT2D eigenvalue weighted by atomic mass is 10.2. The Bertz CT molecular complexity index is 807. The minimum atomic E-state index is -0.958. The highest BCUT2D eigenvalue weighted by atomic mass is 35.5. The zero-order valence-electron chi connectivity index (χ0n) is 13.6. The topological polar surface area (TPSA) is 97.6 Å². The largest absolute Gasteiger partial charge is 0.481 e. The molecule has 0 aliphatic carbocycles. The van der Waals surface area contributed by atoms with Crippen molar-refractivity contribution in [2.75, 3.05) is 19.7 Å². The van der Waals surface area contributed by atoms with Crippen LogP contribution in [-0.2, 0) is 9.53 Å². The molecule has 0 unspecified atom stereocenters. The number of rotatable bonds is 4. The van der Waals surface area contributed by atoms with Crippen molar-refractivity contribution in [3.63, 3.8) is 0 Å². The molecule has 0 bridgehead atoms. The number of ether oxygens (including phenoxy) is 1. The van der Waals surface area contributed by atoms with Gasteiger partial charge < -0.3 is 14.7 Å². The number of amides is 1. The van der Waals surface area contributed by atoms with Crippen LogP contribution < -0.4 is 0 Å². The van der Waals surface area contributed by atoms with E-state index in [1.54, 1.807) is 30.0 Å². The summed E-state index contributed by atoms with van der Waals surface area (Å²) in [4.78, 5) is 25.1. The SMILES string of the molecule is Cc1c(C(=O)N2CCO[C@@H](CC(=O)O)C2)nnn1-c1ccccc1Cl. The molecule has 1 aromatic carbocycles. The van der Waals surface area contributed by atoms with Crippen LogP contribution in [0, 0.1) is 6.92 Å². The molecule has 0 saturated carbocycles. The Hall–Kier alpha value is -2.45. The Morgan fingerprint density at radius 3 is 2.88 bits per heavy atom. The molecule has 1 aliphatic heterocycles. The van der Waals surface area contributed by atoms with Gasteiger partial charge in [-0.15, -0.1) is 5.10 Å². The predicted molar refractivity (Wildman–Crippen MR) is 89.0 cm³/mol. The number of hydrogen-bond donors (Lipinski definition) is 1. The van der Waals surface area contributed by atoms with Gasteiger partial charge in [0.15, 0.2) is 5.69 Å². The second-order valence-electron chi connectivity index (χ2n) is 5.73. The maximum Gasteiger partial charge on any atom is 0.306 e. The third-order valence-electron chi connectivity index (χ3n) is 4.01. The number of carboxylic acids is 1. The highest BCUT2D eigenvalue weighted by molar-refractivity contribution is 6.32. The zero-order valence-corrected chi connectivity index (χ0v) is 14.3. The summed E-state index contributed by atoms with van der Waals surface area (Å²) in [5.41, 5.74) is 1.43. The minimum Gasteiger partial charge on any atom is -0.481 e. The first kappa shape index (κ1) is 17.4. The summed E-state index contributed by atoms with van der Waals surface area (Å²) in [5, 5.41) is 17.4. The van der Waals surface area contributed by atoms with Gasteiger partial charge >= 0.3 is 5.97 Å². The molecule has 1 fully saturated rings. The average molecular weight is 365 g/mol. The van der Waals surface area contributed by atoms with Crippen molar-refractivity contribution in [3.05, 3.63) is 40.7 Å². The standard InChI is InChI=1S/C16H17ClN4O4/c1-10-15(18-19-21(10)13-5-3-2-4-12(13)17)16(24)20-6-7-25-11(9-20)8-14(22)23/h2-5,11H,6-9H2,1H3,(H,22,23)/t11-/m0/s1. The number of nitrogens with zero attached hydrogens (tertiary/aromatic N) is 4. The lowest BCUT2D eigenvalue weighted by molar-refractivity contribution is -0.141. The van der Waals surface area contributed by atoms with Gasteiger partial charge in [-0.25, -0.2) is 4.68 Å². The number of hydrogen-bond acceptors (Lipinski definition) is 5. The van der Waals surface area contributed by atoms with Crippen LogP contribution in [0.2, 0.25) is 5.02 Å². The number of carboxylic acid groups (broad SMARTS) is 1.